The average molecular weight is 339 g/mol. The molecule has 0 unspecified atom stereocenters. The van der Waals surface area contributed by atoms with E-state index in [0.717, 1.165) is 33.1 Å². The molecule has 128 valence electrons. The summed E-state index contributed by atoms with van der Waals surface area (Å²) in [5.41, 5.74) is 1.68. The van der Waals surface area contributed by atoms with Crippen LogP contribution in [-0.2, 0) is 18.1 Å². The number of aryl methyl sites for hydroxylation is 4. The zero-order valence-corrected chi connectivity index (χ0v) is 13.6. The quantitative estimate of drug-likeness (QED) is 0.488. The van der Waals surface area contributed by atoms with Gasteiger partial charge in [0, 0.05) is 18.8 Å². The zero-order valence-electron chi connectivity index (χ0n) is 13.6. The molecule has 0 saturated carbocycles. The van der Waals surface area contributed by atoms with Crippen LogP contribution in [0.15, 0.2) is 23.5 Å². The van der Waals surface area contributed by atoms with Crippen LogP contribution >= 0.6 is 0 Å². The highest BCUT2D eigenvalue weighted by molar-refractivity contribution is 5.91. The minimum atomic E-state index is -4.75. The third-order valence-electron chi connectivity index (χ3n) is 3.37. The lowest BCUT2D eigenvalue weighted by Gasteiger charge is -2.06. The molecule has 1 heterocycles. The van der Waals surface area contributed by atoms with E-state index in [1.807, 2.05) is 32.9 Å². The molecule has 24 heavy (non-hydrogen) atoms. The van der Waals surface area contributed by atoms with E-state index < -0.39 is 23.4 Å². The van der Waals surface area contributed by atoms with Crippen molar-refractivity contribution < 1.29 is 22.8 Å². The molecule has 0 aliphatic carbocycles. The second-order valence-electron chi connectivity index (χ2n) is 5.49. The lowest BCUT2D eigenvalue weighted by atomic mass is 10.0. The second kappa shape index (κ2) is 6.46. The van der Waals surface area contributed by atoms with Gasteiger partial charge in [-0.25, -0.2) is 4.79 Å². The molecular formula is C16H16F3N3O2. The molecule has 0 saturated heterocycles. The fraction of sp³-hybridized carbons (Fsp3) is 0.312. The van der Waals surface area contributed by atoms with Gasteiger partial charge in [0.25, 0.3) is 0 Å². The largest absolute Gasteiger partial charge is 0.436 e. The lowest BCUT2D eigenvalue weighted by molar-refractivity contribution is -0.142. The van der Waals surface area contributed by atoms with Crippen molar-refractivity contribution in [2.24, 2.45) is 12.2 Å². The molecule has 0 bridgehead atoms. The Morgan fingerprint density at radius 2 is 1.83 bits per heavy atom. The van der Waals surface area contributed by atoms with Gasteiger partial charge in [-0.2, -0.15) is 18.3 Å². The Morgan fingerprint density at radius 1 is 1.25 bits per heavy atom. The molecule has 0 aliphatic rings. The second-order valence-corrected chi connectivity index (χ2v) is 5.49. The summed E-state index contributed by atoms with van der Waals surface area (Å²) in [4.78, 5) is 16.4. The van der Waals surface area contributed by atoms with Gasteiger partial charge in [-0.1, -0.05) is 22.9 Å². The predicted octanol–water partition coefficient (Wildman–Crippen LogP) is 3.56. The van der Waals surface area contributed by atoms with E-state index in [1.54, 1.807) is 0 Å². The smallest absolute Gasteiger partial charge is 0.313 e. The number of carbonyl (C=O) groups excluding carboxylic acids is 1. The van der Waals surface area contributed by atoms with Gasteiger partial charge in [0.15, 0.2) is 5.69 Å². The fourth-order valence-corrected chi connectivity index (χ4v) is 2.42. The lowest BCUT2D eigenvalue weighted by Crippen LogP contribution is -2.13. The van der Waals surface area contributed by atoms with Crippen molar-refractivity contribution in [3.05, 3.63) is 51.8 Å². The van der Waals surface area contributed by atoms with Gasteiger partial charge in [-0.3, -0.25) is 4.68 Å². The number of hydrogen-bond acceptors (Lipinski definition) is 4. The molecule has 0 radical (unpaired) electrons. The maximum absolute atomic E-state index is 12.8. The van der Waals surface area contributed by atoms with E-state index in [9.17, 15) is 18.0 Å². The van der Waals surface area contributed by atoms with Crippen LogP contribution in [0.1, 0.15) is 38.3 Å². The maximum Gasteiger partial charge on any atom is 0.436 e. The summed E-state index contributed by atoms with van der Waals surface area (Å²) in [6, 6.07) is 3.86. The summed E-state index contributed by atoms with van der Waals surface area (Å²) < 4.78 is 39.4. The molecule has 1 aromatic heterocycles. The Balaban J connectivity index is 2.21. The third-order valence-corrected chi connectivity index (χ3v) is 3.37. The highest BCUT2D eigenvalue weighted by atomic mass is 19.4. The molecule has 0 N–H and O–H groups in total. The van der Waals surface area contributed by atoms with Gasteiger partial charge in [0.1, 0.15) is 5.56 Å². The molecule has 0 fully saturated rings. The standard InChI is InChI=1S/C16H16F3N3O2/c1-9-5-10(2)12(11(3)6-9)7-20-24-15(23)13-8-22(4)21-14(13)16(17,18)19/h5-8H,1-4H3/b20-7+. The number of hydrogen-bond donors (Lipinski definition) is 0. The van der Waals surface area contributed by atoms with E-state index >= 15 is 0 Å². The summed E-state index contributed by atoms with van der Waals surface area (Å²) in [5, 5.41) is 6.77. The van der Waals surface area contributed by atoms with Crippen LogP contribution in [0.4, 0.5) is 13.2 Å². The number of nitrogens with zero attached hydrogens (tertiary/aromatic N) is 3. The van der Waals surface area contributed by atoms with Crippen molar-refractivity contribution in [1.82, 2.24) is 9.78 Å². The van der Waals surface area contributed by atoms with Crippen LogP contribution in [-0.4, -0.2) is 22.0 Å². The minimum absolute atomic E-state index is 0.681. The summed E-state index contributed by atoms with van der Waals surface area (Å²) in [7, 11) is 1.29. The van der Waals surface area contributed by atoms with E-state index in [1.165, 1.54) is 13.3 Å². The molecule has 0 atom stereocenters. The molecular weight excluding hydrogens is 323 g/mol. The number of oxime groups is 1. The maximum atomic E-state index is 12.8. The molecule has 2 aromatic rings. The number of aromatic nitrogens is 2. The number of benzene rings is 1. The monoisotopic (exact) mass is 339 g/mol. The van der Waals surface area contributed by atoms with Crippen LogP contribution in [0.5, 0.6) is 0 Å². The Hall–Kier alpha value is -2.64. The molecule has 0 aliphatic heterocycles. The zero-order chi connectivity index (χ0) is 18.1. The molecule has 0 amide bonds. The summed E-state index contributed by atoms with van der Waals surface area (Å²) >= 11 is 0. The van der Waals surface area contributed by atoms with Gasteiger partial charge in [-0.15, -0.1) is 0 Å². The summed E-state index contributed by atoms with van der Waals surface area (Å²) in [6.45, 7) is 5.68. The Bertz CT molecular complexity index is 784. The first-order chi connectivity index (χ1) is 11.1. The first-order valence-electron chi connectivity index (χ1n) is 7.03. The highest BCUT2D eigenvalue weighted by Crippen LogP contribution is 2.30. The number of alkyl halides is 3. The molecule has 2 rings (SSSR count). The number of carbonyl (C=O) groups is 1. The molecule has 5 nitrogen and oxygen atoms in total. The van der Waals surface area contributed by atoms with Gasteiger partial charge in [0.2, 0.25) is 0 Å². The average Bonchev–Trinajstić information content (AvgIpc) is 2.83. The Morgan fingerprint density at radius 3 is 2.38 bits per heavy atom. The summed E-state index contributed by atoms with van der Waals surface area (Å²) in [6.07, 6.45) is -2.49. The van der Waals surface area contributed by atoms with Crippen molar-refractivity contribution in [3.63, 3.8) is 0 Å². The normalized spacial score (nSPS) is 12.0. The van der Waals surface area contributed by atoms with Crippen molar-refractivity contribution in [3.8, 4) is 0 Å². The first-order valence-corrected chi connectivity index (χ1v) is 7.03. The van der Waals surface area contributed by atoms with Crippen molar-refractivity contribution in [1.29, 1.82) is 0 Å². The van der Waals surface area contributed by atoms with Crippen molar-refractivity contribution in [2.75, 3.05) is 0 Å². The van der Waals surface area contributed by atoms with Gasteiger partial charge in [-0.05, 0) is 31.9 Å². The van der Waals surface area contributed by atoms with Gasteiger partial charge >= 0.3 is 12.1 Å². The van der Waals surface area contributed by atoms with Crippen molar-refractivity contribution in [2.45, 2.75) is 26.9 Å². The Kier molecular flexibility index (Phi) is 4.77. The van der Waals surface area contributed by atoms with Crippen LogP contribution in [0.25, 0.3) is 0 Å². The third kappa shape index (κ3) is 3.81. The topological polar surface area (TPSA) is 56.5 Å². The van der Waals surface area contributed by atoms with Gasteiger partial charge < -0.3 is 4.84 Å². The van der Waals surface area contributed by atoms with E-state index in [4.69, 9.17) is 0 Å². The van der Waals surface area contributed by atoms with Crippen LogP contribution in [0.2, 0.25) is 0 Å². The van der Waals surface area contributed by atoms with Crippen LogP contribution in [0, 0.1) is 20.8 Å². The van der Waals surface area contributed by atoms with Crippen LogP contribution < -0.4 is 0 Å². The number of rotatable bonds is 3. The van der Waals surface area contributed by atoms with Gasteiger partial charge in [0.05, 0.1) is 6.21 Å². The SMILES string of the molecule is Cc1cc(C)c(/C=N/OC(=O)c2cn(C)nc2C(F)(F)F)c(C)c1. The first kappa shape index (κ1) is 17.7. The van der Waals surface area contributed by atoms with E-state index in [0.29, 0.717) is 0 Å². The highest BCUT2D eigenvalue weighted by Gasteiger charge is 2.39. The van der Waals surface area contributed by atoms with Crippen LogP contribution in [0.3, 0.4) is 0 Å². The van der Waals surface area contributed by atoms with E-state index in [2.05, 4.69) is 15.1 Å². The molecule has 0 spiro atoms. The summed E-state index contributed by atoms with van der Waals surface area (Å²) in [5.74, 6) is -1.21. The number of halogens is 3. The Labute approximate surface area is 136 Å². The predicted molar refractivity (Wildman–Crippen MR) is 81.9 cm³/mol. The molecule has 1 aromatic carbocycles. The molecule has 8 heteroatoms. The minimum Gasteiger partial charge on any atom is -0.313 e. The van der Waals surface area contributed by atoms with E-state index in [-0.39, 0.29) is 0 Å². The van der Waals surface area contributed by atoms with Crippen molar-refractivity contribution >= 4 is 12.2 Å². The fourth-order valence-electron chi connectivity index (χ4n) is 2.42.